The Kier molecular flexibility index (Phi) is 7.42. The second-order valence-corrected chi connectivity index (χ2v) is 3.79. The minimum absolute atomic E-state index is 0. The van der Waals surface area contributed by atoms with Gasteiger partial charge in [0.2, 0.25) is 11.8 Å². The molecule has 0 aliphatic carbocycles. The van der Waals surface area contributed by atoms with Crippen LogP contribution in [0.3, 0.4) is 0 Å². The smallest absolute Gasteiger partial charge is 0.477 e. The monoisotopic (exact) mass is 375 g/mol. The quantitative estimate of drug-likeness (QED) is 0.410. The molecule has 13 heteroatoms. The van der Waals surface area contributed by atoms with Gasteiger partial charge in [-0.1, -0.05) is 0 Å². The van der Waals surface area contributed by atoms with Gasteiger partial charge in [0.1, 0.15) is 11.4 Å². The van der Waals surface area contributed by atoms with Gasteiger partial charge in [0.25, 0.3) is 0 Å². The molecule has 0 bridgehead atoms. The zero-order valence-electron chi connectivity index (χ0n) is 11.0. The molecule has 0 aromatic heterocycles. The summed E-state index contributed by atoms with van der Waals surface area (Å²) in [4.78, 5) is 68.4. The molecule has 6 amide bonds. The van der Waals surface area contributed by atoms with Crippen molar-refractivity contribution >= 4 is 47.2 Å². The van der Waals surface area contributed by atoms with Gasteiger partial charge in [0, 0.05) is 0 Å². The molecule has 0 saturated heterocycles. The fraction of sp³-hybridized carbons (Fsp3) is 0.200. The van der Waals surface area contributed by atoms with Crippen molar-refractivity contribution in [3.8, 4) is 0 Å². The first-order valence-electron chi connectivity index (χ1n) is 5.48. The van der Waals surface area contributed by atoms with Crippen LogP contribution in [-0.4, -0.2) is 57.5 Å². The summed E-state index contributed by atoms with van der Waals surface area (Å²) in [6.45, 7) is 0. The van der Waals surface area contributed by atoms with Crippen LogP contribution in [0.2, 0.25) is 0 Å². The third-order valence-corrected chi connectivity index (χ3v) is 2.12. The van der Waals surface area contributed by atoms with E-state index in [2.05, 4.69) is 9.98 Å². The standard InChI is InChI=1S/2C5H4N2O4.Cu/c2*8-3-1-2(4(9)10)6-5(11)7-3;/h2*1H2,(H,9,10)(H,7,8,11);/q;;+2. The summed E-state index contributed by atoms with van der Waals surface area (Å²) >= 11 is 0. The van der Waals surface area contributed by atoms with Crippen molar-refractivity contribution in [3.63, 3.8) is 0 Å². The van der Waals surface area contributed by atoms with E-state index in [9.17, 15) is 28.8 Å². The van der Waals surface area contributed by atoms with Crippen molar-refractivity contribution in [2.45, 2.75) is 12.8 Å². The number of carbonyl (C=O) groups excluding carboxylic acids is 4. The zero-order chi connectivity index (χ0) is 16.9. The Bertz CT molecular complexity index is 597. The van der Waals surface area contributed by atoms with Crippen LogP contribution < -0.4 is 10.6 Å². The van der Waals surface area contributed by atoms with E-state index in [-0.39, 0.29) is 29.9 Å². The predicted octanol–water partition coefficient (Wildman–Crippen LogP) is -1.70. The number of nitrogens with one attached hydrogen (secondary N) is 2. The Morgan fingerprint density at radius 2 is 1.09 bits per heavy atom. The second kappa shape index (κ2) is 8.50. The molecule has 2 aliphatic rings. The predicted molar refractivity (Wildman–Crippen MR) is 66.5 cm³/mol. The molecule has 125 valence electrons. The second-order valence-electron chi connectivity index (χ2n) is 3.79. The Labute approximate surface area is 137 Å². The number of aliphatic imine (C=N–C) groups is 2. The van der Waals surface area contributed by atoms with Crippen LogP contribution in [0, 0.1) is 0 Å². The molecule has 12 nitrogen and oxygen atoms in total. The minimum atomic E-state index is -1.34. The average molecular weight is 376 g/mol. The molecular formula is C10H8CuN4O8+2. The summed E-state index contributed by atoms with van der Waals surface area (Å²) in [6.07, 6.45) is -0.692. The molecule has 0 fully saturated rings. The maximum Gasteiger partial charge on any atom is 2.00 e. The first kappa shape index (κ1) is 20.1. The van der Waals surface area contributed by atoms with Gasteiger partial charge in [-0.2, -0.15) is 9.98 Å². The average Bonchev–Trinajstić information content (AvgIpc) is 2.37. The molecule has 2 aliphatic heterocycles. The first-order chi connectivity index (χ1) is 10.2. The van der Waals surface area contributed by atoms with Crippen LogP contribution >= 0.6 is 0 Å². The van der Waals surface area contributed by atoms with E-state index < -0.39 is 47.2 Å². The summed E-state index contributed by atoms with van der Waals surface area (Å²) in [5, 5.41) is 20.3. The van der Waals surface area contributed by atoms with Crippen molar-refractivity contribution in [1.29, 1.82) is 0 Å². The van der Waals surface area contributed by atoms with Crippen molar-refractivity contribution in [2.75, 3.05) is 0 Å². The van der Waals surface area contributed by atoms with Gasteiger partial charge in [-0.25, -0.2) is 19.2 Å². The molecule has 2 heterocycles. The molecule has 0 saturated carbocycles. The van der Waals surface area contributed by atoms with E-state index in [0.717, 1.165) is 0 Å². The minimum Gasteiger partial charge on any atom is -0.477 e. The van der Waals surface area contributed by atoms with Gasteiger partial charge in [0.05, 0.1) is 12.8 Å². The van der Waals surface area contributed by atoms with Gasteiger partial charge in [0.15, 0.2) is 0 Å². The molecule has 2 rings (SSSR count). The normalized spacial score (nSPS) is 16.5. The molecule has 0 unspecified atom stereocenters. The summed E-state index contributed by atoms with van der Waals surface area (Å²) in [7, 11) is 0. The maximum absolute atomic E-state index is 10.5. The van der Waals surface area contributed by atoms with Crippen molar-refractivity contribution in [3.05, 3.63) is 0 Å². The van der Waals surface area contributed by atoms with E-state index in [0.29, 0.717) is 0 Å². The number of urea groups is 2. The van der Waals surface area contributed by atoms with Gasteiger partial charge in [-0.05, 0) is 0 Å². The fourth-order valence-corrected chi connectivity index (χ4v) is 1.26. The number of nitrogens with zero attached hydrogens (tertiary/aromatic N) is 2. The summed E-state index contributed by atoms with van der Waals surface area (Å²) in [6, 6.07) is -1.84. The fourth-order valence-electron chi connectivity index (χ4n) is 1.26. The molecular weight excluding hydrogens is 368 g/mol. The summed E-state index contributed by atoms with van der Waals surface area (Å²) in [5.41, 5.74) is -0.836. The number of hydrogen-bond acceptors (Lipinski definition) is 6. The molecule has 0 aromatic carbocycles. The van der Waals surface area contributed by atoms with E-state index in [4.69, 9.17) is 10.2 Å². The first-order valence-corrected chi connectivity index (χ1v) is 5.48. The van der Waals surface area contributed by atoms with Crippen LogP contribution in [0.15, 0.2) is 9.98 Å². The van der Waals surface area contributed by atoms with Crippen molar-refractivity contribution in [2.24, 2.45) is 9.98 Å². The van der Waals surface area contributed by atoms with E-state index >= 15 is 0 Å². The number of rotatable bonds is 2. The summed E-state index contributed by atoms with van der Waals surface area (Å²) in [5.74, 6) is -3.95. The van der Waals surface area contributed by atoms with Crippen LogP contribution in [0.1, 0.15) is 12.8 Å². The number of carboxylic acids is 2. The van der Waals surface area contributed by atoms with Gasteiger partial charge >= 0.3 is 41.1 Å². The molecule has 0 aromatic rings. The number of amides is 6. The molecule has 23 heavy (non-hydrogen) atoms. The number of hydrogen-bond donors (Lipinski definition) is 4. The van der Waals surface area contributed by atoms with Crippen molar-refractivity contribution < 1.29 is 56.0 Å². The topological polar surface area (TPSA) is 192 Å². The van der Waals surface area contributed by atoms with Crippen LogP contribution in [0.5, 0.6) is 0 Å². The van der Waals surface area contributed by atoms with E-state index in [1.807, 2.05) is 10.6 Å². The maximum atomic E-state index is 10.5. The molecule has 1 radical (unpaired) electrons. The number of carbonyl (C=O) groups is 6. The Hall–Kier alpha value is -2.92. The Morgan fingerprint density at radius 1 is 0.783 bits per heavy atom. The molecule has 0 spiro atoms. The molecule has 0 atom stereocenters. The van der Waals surface area contributed by atoms with Gasteiger partial charge in [-0.15, -0.1) is 0 Å². The molecule has 4 N–H and O–H groups in total. The van der Waals surface area contributed by atoms with E-state index in [1.54, 1.807) is 0 Å². The van der Waals surface area contributed by atoms with E-state index in [1.165, 1.54) is 0 Å². The number of imide groups is 2. The number of aliphatic carboxylic acids is 2. The third-order valence-electron chi connectivity index (χ3n) is 2.12. The van der Waals surface area contributed by atoms with Gasteiger partial charge < -0.3 is 10.2 Å². The van der Waals surface area contributed by atoms with Crippen LogP contribution in [0.4, 0.5) is 9.59 Å². The van der Waals surface area contributed by atoms with Crippen LogP contribution in [-0.2, 0) is 36.2 Å². The SMILES string of the molecule is O=C1CC(C(=O)O)=NC(=O)N1.O=C1CC(C(=O)O)=NC(=O)N1.[Cu+2]. The Morgan fingerprint density at radius 3 is 1.30 bits per heavy atom. The van der Waals surface area contributed by atoms with Crippen molar-refractivity contribution in [1.82, 2.24) is 10.6 Å². The number of carboxylic acid groups (broad SMARTS) is 2. The summed E-state index contributed by atoms with van der Waals surface area (Å²) < 4.78 is 0. The van der Waals surface area contributed by atoms with Crippen LogP contribution in [0.25, 0.3) is 0 Å². The van der Waals surface area contributed by atoms with Gasteiger partial charge in [-0.3, -0.25) is 20.2 Å². The third kappa shape index (κ3) is 6.58. The Balaban J connectivity index is 0.000000403. The largest absolute Gasteiger partial charge is 2.00 e. The zero-order valence-corrected chi connectivity index (χ0v) is 11.9.